The van der Waals surface area contributed by atoms with E-state index in [1.54, 1.807) is 0 Å². The Labute approximate surface area is 148 Å². The summed E-state index contributed by atoms with van der Waals surface area (Å²) in [5.41, 5.74) is 0.171. The lowest BCUT2D eigenvalue weighted by Gasteiger charge is -2.40. The van der Waals surface area contributed by atoms with Crippen LogP contribution in [0.2, 0.25) is 0 Å². The molecule has 2 rings (SSSR count). The van der Waals surface area contributed by atoms with Crippen molar-refractivity contribution in [2.75, 3.05) is 33.0 Å². The summed E-state index contributed by atoms with van der Waals surface area (Å²) in [6.07, 6.45) is 5.69. The normalized spacial score (nSPS) is 17.4. The molecular weight excluding hydrogens is 344 g/mol. The largest absolute Gasteiger partial charge is 0.373 e. The molecule has 1 aromatic carbocycles. The molecule has 0 bridgehead atoms. The van der Waals surface area contributed by atoms with Crippen LogP contribution in [-0.2, 0) is 10.0 Å². The third-order valence-electron chi connectivity index (χ3n) is 5.23. The number of hydrogen-bond donors (Lipinski definition) is 3. The fourth-order valence-electron chi connectivity index (χ4n) is 3.44. The van der Waals surface area contributed by atoms with Crippen molar-refractivity contribution in [3.05, 3.63) is 28.3 Å². The zero-order valence-corrected chi connectivity index (χ0v) is 15.8. The van der Waals surface area contributed by atoms with E-state index in [2.05, 4.69) is 24.1 Å². The number of benzene rings is 1. The summed E-state index contributed by atoms with van der Waals surface area (Å²) in [5.74, 6) is 0. The van der Waals surface area contributed by atoms with Crippen LogP contribution in [-0.4, -0.2) is 46.6 Å². The van der Waals surface area contributed by atoms with Crippen molar-refractivity contribution < 1.29 is 18.2 Å². The number of nitrogens with one attached hydrogen (secondary N) is 3. The summed E-state index contributed by atoms with van der Waals surface area (Å²) in [6.45, 7) is 0.619. The Morgan fingerprint density at radius 1 is 1.24 bits per heavy atom. The van der Waals surface area contributed by atoms with E-state index < -0.39 is 14.9 Å². The quantitative estimate of drug-likeness (QED) is 0.485. The molecule has 1 aliphatic rings. The van der Waals surface area contributed by atoms with Crippen molar-refractivity contribution in [3.8, 4) is 0 Å². The second-order valence-electron chi connectivity index (χ2n) is 6.84. The summed E-state index contributed by atoms with van der Waals surface area (Å²) >= 11 is 0. The molecule has 1 fully saturated rings. The third-order valence-corrected chi connectivity index (χ3v) is 6.65. The van der Waals surface area contributed by atoms with E-state index in [1.165, 1.54) is 30.5 Å². The Hall–Kier alpha value is -1.71. The van der Waals surface area contributed by atoms with Gasteiger partial charge in [-0.3, -0.25) is 10.1 Å². The number of quaternary nitrogens is 1. The standard InChI is InChI=1S/C16H26N4O4S/c1-17-25(23,24)13-7-8-14(15(11-13)20(21)22)18-12-16(19(2)3)9-5-4-6-10-16/h7-8,11,17-18H,4-6,9-10,12H2,1-3H3/p+1. The molecule has 0 amide bonds. The van der Waals surface area contributed by atoms with Gasteiger partial charge < -0.3 is 10.2 Å². The molecule has 0 aliphatic heterocycles. The van der Waals surface area contributed by atoms with E-state index in [9.17, 15) is 18.5 Å². The highest BCUT2D eigenvalue weighted by Gasteiger charge is 2.38. The predicted molar refractivity (Wildman–Crippen MR) is 96.5 cm³/mol. The maximum absolute atomic E-state index is 11.9. The Bertz CT molecular complexity index is 728. The average Bonchev–Trinajstić information content (AvgIpc) is 2.60. The van der Waals surface area contributed by atoms with E-state index in [0.29, 0.717) is 12.2 Å². The van der Waals surface area contributed by atoms with E-state index >= 15 is 0 Å². The van der Waals surface area contributed by atoms with Crippen LogP contribution in [0.5, 0.6) is 0 Å². The van der Waals surface area contributed by atoms with Crippen molar-refractivity contribution in [1.82, 2.24) is 4.72 Å². The van der Waals surface area contributed by atoms with Gasteiger partial charge in [-0.05, 0) is 32.0 Å². The van der Waals surface area contributed by atoms with Crippen molar-refractivity contribution in [2.45, 2.75) is 42.5 Å². The predicted octanol–water partition coefficient (Wildman–Crippen LogP) is 0.762. The number of likely N-dealkylation sites (N-methyl/N-ethyl adjacent to an activating group) is 1. The van der Waals surface area contributed by atoms with Crippen LogP contribution in [0.1, 0.15) is 32.1 Å². The number of hydrogen-bond acceptors (Lipinski definition) is 5. The van der Waals surface area contributed by atoms with E-state index in [4.69, 9.17) is 0 Å². The topological polar surface area (TPSA) is 106 Å². The van der Waals surface area contributed by atoms with Gasteiger partial charge in [0.25, 0.3) is 5.69 Å². The van der Waals surface area contributed by atoms with Crippen LogP contribution >= 0.6 is 0 Å². The summed E-state index contributed by atoms with van der Waals surface area (Å²) < 4.78 is 25.9. The summed E-state index contributed by atoms with van der Waals surface area (Å²) in [4.78, 5) is 12.1. The van der Waals surface area contributed by atoms with Crippen molar-refractivity contribution in [3.63, 3.8) is 0 Å². The fourth-order valence-corrected chi connectivity index (χ4v) is 4.19. The van der Waals surface area contributed by atoms with Crippen LogP contribution in [0.4, 0.5) is 11.4 Å². The van der Waals surface area contributed by atoms with Crippen molar-refractivity contribution in [1.29, 1.82) is 0 Å². The number of nitro groups is 1. The summed E-state index contributed by atoms with van der Waals surface area (Å²) in [5, 5.41) is 14.6. The first-order valence-corrected chi connectivity index (χ1v) is 9.97. The molecule has 1 aromatic rings. The lowest BCUT2D eigenvalue weighted by Crippen LogP contribution is -3.16. The molecule has 0 unspecified atom stereocenters. The van der Waals surface area contributed by atoms with Crippen LogP contribution in [0.15, 0.2) is 23.1 Å². The number of nitrogens with zero attached hydrogens (tertiary/aromatic N) is 1. The molecule has 0 radical (unpaired) electrons. The van der Waals surface area contributed by atoms with Gasteiger partial charge in [0, 0.05) is 18.9 Å². The second kappa shape index (κ2) is 7.67. The molecular formula is C16H27N4O4S+. The minimum absolute atomic E-state index is 0.0435. The molecule has 1 saturated carbocycles. The first-order chi connectivity index (χ1) is 11.7. The van der Waals surface area contributed by atoms with Crippen LogP contribution < -0.4 is 14.9 Å². The zero-order valence-electron chi connectivity index (χ0n) is 15.0. The van der Waals surface area contributed by atoms with Gasteiger partial charge >= 0.3 is 0 Å². The minimum Gasteiger partial charge on any atom is -0.373 e. The maximum Gasteiger partial charge on any atom is 0.293 e. The molecule has 1 aliphatic carbocycles. The van der Waals surface area contributed by atoms with Crippen LogP contribution in [0.3, 0.4) is 0 Å². The number of anilines is 1. The fraction of sp³-hybridized carbons (Fsp3) is 0.625. The van der Waals surface area contributed by atoms with Gasteiger partial charge in [0.1, 0.15) is 11.2 Å². The number of nitro benzene ring substituents is 1. The van der Waals surface area contributed by atoms with Gasteiger partial charge in [-0.1, -0.05) is 6.42 Å². The molecule has 25 heavy (non-hydrogen) atoms. The zero-order chi connectivity index (χ0) is 18.7. The third kappa shape index (κ3) is 4.28. The second-order valence-corrected chi connectivity index (χ2v) is 8.72. The Morgan fingerprint density at radius 2 is 1.88 bits per heavy atom. The van der Waals surface area contributed by atoms with E-state index in [1.807, 2.05) is 0 Å². The summed E-state index contributed by atoms with van der Waals surface area (Å²) in [6, 6.07) is 3.96. The molecule has 9 heteroatoms. The lowest BCUT2D eigenvalue weighted by molar-refractivity contribution is -0.915. The van der Waals surface area contributed by atoms with E-state index in [-0.39, 0.29) is 16.1 Å². The lowest BCUT2D eigenvalue weighted by atomic mass is 9.80. The van der Waals surface area contributed by atoms with Gasteiger partial charge in [-0.25, -0.2) is 13.1 Å². The van der Waals surface area contributed by atoms with Gasteiger partial charge in [-0.15, -0.1) is 0 Å². The Morgan fingerprint density at radius 3 is 2.40 bits per heavy atom. The Balaban J connectivity index is 2.28. The van der Waals surface area contributed by atoms with Gasteiger partial charge in [-0.2, -0.15) is 0 Å². The molecule has 3 N–H and O–H groups in total. The number of rotatable bonds is 7. The highest BCUT2D eigenvalue weighted by molar-refractivity contribution is 7.89. The molecule has 0 atom stereocenters. The van der Waals surface area contributed by atoms with Gasteiger partial charge in [0.05, 0.1) is 30.5 Å². The number of sulfonamides is 1. The molecule has 0 saturated heterocycles. The first kappa shape index (κ1) is 19.6. The highest BCUT2D eigenvalue weighted by Crippen LogP contribution is 2.30. The van der Waals surface area contributed by atoms with Crippen molar-refractivity contribution >= 4 is 21.4 Å². The first-order valence-electron chi connectivity index (χ1n) is 8.48. The maximum atomic E-state index is 11.9. The SMILES string of the molecule is CNS(=O)(=O)c1ccc(NCC2([NH+](C)C)CCCCC2)c([N+](=O)[O-])c1. The Kier molecular flexibility index (Phi) is 6.02. The molecule has 8 nitrogen and oxygen atoms in total. The highest BCUT2D eigenvalue weighted by atomic mass is 32.2. The average molecular weight is 371 g/mol. The molecule has 0 aromatic heterocycles. The van der Waals surface area contributed by atoms with E-state index in [0.717, 1.165) is 31.7 Å². The molecule has 0 spiro atoms. The van der Waals surface area contributed by atoms with Crippen LogP contribution in [0.25, 0.3) is 0 Å². The molecule has 0 heterocycles. The van der Waals surface area contributed by atoms with Crippen molar-refractivity contribution in [2.24, 2.45) is 0 Å². The monoisotopic (exact) mass is 371 g/mol. The van der Waals surface area contributed by atoms with Gasteiger partial charge in [0.2, 0.25) is 10.0 Å². The van der Waals surface area contributed by atoms with Crippen LogP contribution in [0, 0.1) is 10.1 Å². The smallest absolute Gasteiger partial charge is 0.293 e. The minimum atomic E-state index is -3.72. The molecule has 140 valence electrons. The summed E-state index contributed by atoms with van der Waals surface area (Å²) in [7, 11) is 1.79. The van der Waals surface area contributed by atoms with Gasteiger partial charge in [0.15, 0.2) is 0 Å².